The Kier molecular flexibility index (Phi) is 5.74. The summed E-state index contributed by atoms with van der Waals surface area (Å²) >= 11 is 3.25. The summed E-state index contributed by atoms with van der Waals surface area (Å²) in [6, 6.07) is 15.9. The van der Waals surface area contributed by atoms with E-state index in [0.29, 0.717) is 13.0 Å². The molecule has 0 bridgehead atoms. The standard InChI is InChI=1S/C16H16BrNO3S/c17-14-6-8-15(9-7-14)22(20,21)12-16(19)18-11-10-13-4-2-1-3-5-13/h1-9H,10-12H2,(H,18,19). The molecule has 0 aliphatic rings. The van der Waals surface area contributed by atoms with Crippen LogP contribution in [0.1, 0.15) is 5.56 Å². The Morgan fingerprint density at radius 1 is 1.00 bits per heavy atom. The molecule has 0 heterocycles. The predicted molar refractivity (Wildman–Crippen MR) is 89.4 cm³/mol. The molecule has 0 saturated carbocycles. The lowest BCUT2D eigenvalue weighted by molar-refractivity contribution is -0.118. The summed E-state index contributed by atoms with van der Waals surface area (Å²) in [5.41, 5.74) is 1.10. The van der Waals surface area contributed by atoms with Gasteiger partial charge in [-0.1, -0.05) is 46.3 Å². The van der Waals surface area contributed by atoms with Gasteiger partial charge in [-0.25, -0.2) is 8.42 Å². The van der Waals surface area contributed by atoms with Crippen molar-refractivity contribution in [1.29, 1.82) is 0 Å². The van der Waals surface area contributed by atoms with Crippen LogP contribution in [-0.4, -0.2) is 26.6 Å². The monoisotopic (exact) mass is 381 g/mol. The highest BCUT2D eigenvalue weighted by Gasteiger charge is 2.18. The van der Waals surface area contributed by atoms with Gasteiger partial charge < -0.3 is 5.32 Å². The molecule has 4 nitrogen and oxygen atoms in total. The fourth-order valence-electron chi connectivity index (χ4n) is 1.94. The minimum atomic E-state index is -3.60. The summed E-state index contributed by atoms with van der Waals surface area (Å²) in [4.78, 5) is 11.9. The molecule has 0 aliphatic heterocycles. The first kappa shape index (κ1) is 16.7. The first-order chi connectivity index (χ1) is 10.5. The molecule has 6 heteroatoms. The van der Waals surface area contributed by atoms with E-state index in [-0.39, 0.29) is 4.90 Å². The van der Waals surface area contributed by atoms with Crippen LogP contribution in [0.25, 0.3) is 0 Å². The average molecular weight is 382 g/mol. The second kappa shape index (κ2) is 7.56. The van der Waals surface area contributed by atoms with E-state index in [1.54, 1.807) is 12.1 Å². The van der Waals surface area contributed by atoms with Crippen molar-refractivity contribution in [3.8, 4) is 0 Å². The Morgan fingerprint density at radius 2 is 1.64 bits per heavy atom. The third-order valence-electron chi connectivity index (χ3n) is 3.07. The molecule has 0 aliphatic carbocycles. The van der Waals surface area contributed by atoms with E-state index >= 15 is 0 Å². The third-order valence-corrected chi connectivity index (χ3v) is 5.23. The minimum Gasteiger partial charge on any atom is -0.355 e. The Hall–Kier alpha value is -1.66. The van der Waals surface area contributed by atoms with Gasteiger partial charge in [-0.05, 0) is 36.2 Å². The number of hydrogen-bond donors (Lipinski definition) is 1. The molecule has 0 saturated heterocycles. The molecule has 22 heavy (non-hydrogen) atoms. The lowest BCUT2D eigenvalue weighted by Gasteiger charge is -2.07. The summed E-state index contributed by atoms with van der Waals surface area (Å²) < 4.78 is 25.0. The molecule has 0 spiro atoms. The van der Waals surface area contributed by atoms with Crippen LogP contribution in [0.3, 0.4) is 0 Å². The third kappa shape index (κ3) is 4.96. The molecule has 2 aromatic rings. The molecule has 0 atom stereocenters. The van der Waals surface area contributed by atoms with E-state index < -0.39 is 21.5 Å². The summed E-state index contributed by atoms with van der Waals surface area (Å²) in [7, 11) is -3.60. The van der Waals surface area contributed by atoms with Crippen LogP contribution in [0, 0.1) is 0 Å². The van der Waals surface area contributed by atoms with E-state index in [9.17, 15) is 13.2 Å². The van der Waals surface area contributed by atoms with E-state index in [0.717, 1.165) is 10.0 Å². The van der Waals surface area contributed by atoms with Crippen LogP contribution in [0.15, 0.2) is 64.0 Å². The number of amides is 1. The number of carbonyl (C=O) groups excluding carboxylic acids is 1. The van der Waals surface area contributed by atoms with E-state index in [1.165, 1.54) is 12.1 Å². The Morgan fingerprint density at radius 3 is 2.27 bits per heavy atom. The highest BCUT2D eigenvalue weighted by Crippen LogP contribution is 2.15. The quantitative estimate of drug-likeness (QED) is 0.836. The topological polar surface area (TPSA) is 63.2 Å². The second-order valence-electron chi connectivity index (χ2n) is 4.80. The van der Waals surface area contributed by atoms with Crippen molar-refractivity contribution in [2.24, 2.45) is 0 Å². The first-order valence-corrected chi connectivity index (χ1v) is 9.21. The van der Waals surface area contributed by atoms with Crippen molar-refractivity contribution in [3.05, 3.63) is 64.6 Å². The molecule has 2 rings (SSSR count). The van der Waals surface area contributed by atoms with Gasteiger partial charge >= 0.3 is 0 Å². The number of carbonyl (C=O) groups is 1. The normalized spacial score (nSPS) is 11.1. The first-order valence-electron chi connectivity index (χ1n) is 6.76. The van der Waals surface area contributed by atoms with Gasteiger partial charge in [0.15, 0.2) is 9.84 Å². The van der Waals surface area contributed by atoms with Crippen LogP contribution in [0.4, 0.5) is 0 Å². The SMILES string of the molecule is O=C(CS(=O)(=O)c1ccc(Br)cc1)NCCc1ccccc1. The minimum absolute atomic E-state index is 0.147. The van der Waals surface area contributed by atoms with E-state index in [1.807, 2.05) is 30.3 Å². The van der Waals surface area contributed by atoms with Crippen molar-refractivity contribution in [2.75, 3.05) is 12.3 Å². The fourth-order valence-corrected chi connectivity index (χ4v) is 3.37. The van der Waals surface area contributed by atoms with Crippen LogP contribution in [0.2, 0.25) is 0 Å². The maximum Gasteiger partial charge on any atom is 0.235 e. The molecule has 0 aromatic heterocycles. The van der Waals surface area contributed by atoms with Crippen molar-refractivity contribution in [1.82, 2.24) is 5.32 Å². The van der Waals surface area contributed by atoms with Gasteiger partial charge in [0.25, 0.3) is 0 Å². The summed E-state index contributed by atoms with van der Waals surface area (Å²) in [6.07, 6.45) is 0.672. The second-order valence-corrected chi connectivity index (χ2v) is 7.70. The van der Waals surface area contributed by atoms with Gasteiger partial charge in [0.2, 0.25) is 5.91 Å². The zero-order chi connectivity index (χ0) is 16.0. The number of nitrogens with one attached hydrogen (secondary N) is 1. The van der Waals surface area contributed by atoms with E-state index in [4.69, 9.17) is 0 Å². The van der Waals surface area contributed by atoms with Gasteiger partial charge in [0.1, 0.15) is 5.75 Å². The maximum absolute atomic E-state index is 12.1. The van der Waals surface area contributed by atoms with Crippen LogP contribution < -0.4 is 5.32 Å². The zero-order valence-corrected chi connectivity index (χ0v) is 14.2. The predicted octanol–water partition coefficient (Wildman–Crippen LogP) is 2.58. The van der Waals surface area contributed by atoms with Crippen LogP contribution in [0.5, 0.6) is 0 Å². The Balaban J connectivity index is 1.87. The van der Waals surface area contributed by atoms with Gasteiger partial charge in [0.05, 0.1) is 4.90 Å². The summed E-state index contributed by atoms with van der Waals surface area (Å²) in [6.45, 7) is 0.415. The number of hydrogen-bond acceptors (Lipinski definition) is 3. The number of sulfone groups is 1. The molecule has 0 radical (unpaired) electrons. The Bertz CT molecular complexity index is 728. The number of halogens is 1. The van der Waals surface area contributed by atoms with Crippen LogP contribution in [-0.2, 0) is 21.1 Å². The molecule has 1 N–H and O–H groups in total. The van der Waals surface area contributed by atoms with Gasteiger partial charge in [-0.2, -0.15) is 0 Å². The van der Waals surface area contributed by atoms with Gasteiger partial charge in [-0.3, -0.25) is 4.79 Å². The van der Waals surface area contributed by atoms with Crippen molar-refractivity contribution in [3.63, 3.8) is 0 Å². The molecular weight excluding hydrogens is 366 g/mol. The van der Waals surface area contributed by atoms with Crippen LogP contribution >= 0.6 is 15.9 Å². The molecular formula is C16H16BrNO3S. The zero-order valence-electron chi connectivity index (χ0n) is 11.8. The number of rotatable bonds is 6. The van der Waals surface area contributed by atoms with Gasteiger partial charge in [0, 0.05) is 11.0 Å². The van der Waals surface area contributed by atoms with Gasteiger partial charge in [-0.15, -0.1) is 0 Å². The fraction of sp³-hybridized carbons (Fsp3) is 0.188. The lowest BCUT2D eigenvalue weighted by Crippen LogP contribution is -2.31. The molecule has 116 valence electrons. The number of benzene rings is 2. The highest BCUT2D eigenvalue weighted by atomic mass is 79.9. The highest BCUT2D eigenvalue weighted by molar-refractivity contribution is 9.10. The summed E-state index contributed by atoms with van der Waals surface area (Å²) in [5.74, 6) is -1.03. The van der Waals surface area contributed by atoms with E-state index in [2.05, 4.69) is 21.2 Å². The smallest absolute Gasteiger partial charge is 0.235 e. The van der Waals surface area contributed by atoms with Crippen molar-refractivity contribution < 1.29 is 13.2 Å². The maximum atomic E-state index is 12.1. The van der Waals surface area contributed by atoms with Crippen molar-refractivity contribution >= 4 is 31.7 Å². The lowest BCUT2D eigenvalue weighted by atomic mass is 10.1. The summed E-state index contributed by atoms with van der Waals surface area (Å²) in [5, 5.41) is 2.64. The average Bonchev–Trinajstić information content (AvgIpc) is 2.48. The Labute approximate surface area is 138 Å². The largest absolute Gasteiger partial charge is 0.355 e. The van der Waals surface area contributed by atoms with Crippen molar-refractivity contribution in [2.45, 2.75) is 11.3 Å². The molecule has 0 fully saturated rings. The molecule has 2 aromatic carbocycles. The molecule has 1 amide bonds. The molecule has 0 unspecified atom stereocenters.